The molecule has 0 saturated heterocycles. The van der Waals surface area contributed by atoms with Gasteiger partial charge in [-0.1, -0.05) is 22.9 Å². The summed E-state index contributed by atoms with van der Waals surface area (Å²) in [6.07, 6.45) is 1.97. The molecule has 2 N–H and O–H groups in total. The van der Waals surface area contributed by atoms with Crippen LogP contribution in [0.5, 0.6) is 0 Å². The van der Waals surface area contributed by atoms with Gasteiger partial charge < -0.3 is 10.4 Å². The minimum Gasteiger partial charge on any atom is -0.394 e. The van der Waals surface area contributed by atoms with Crippen LogP contribution < -0.4 is 5.32 Å². The number of thioether (sulfide) groups is 1. The van der Waals surface area contributed by atoms with Crippen molar-refractivity contribution in [1.29, 1.82) is 0 Å². The number of carbonyl (C=O) groups is 2. The van der Waals surface area contributed by atoms with Gasteiger partial charge in [0.05, 0.1) is 12.1 Å². The van der Waals surface area contributed by atoms with Crippen molar-refractivity contribution in [3.05, 3.63) is 35.4 Å². The van der Waals surface area contributed by atoms with E-state index in [0.29, 0.717) is 16.9 Å². The Hall–Kier alpha value is -0.630. The second-order valence-corrected chi connectivity index (χ2v) is 8.16. The molecule has 1 rings (SSSR count). The summed E-state index contributed by atoms with van der Waals surface area (Å²) in [6.45, 7) is 3.34. The number of hydrogen-bond acceptors (Lipinski definition) is 6. The molecule has 0 fully saturated rings. The fourth-order valence-electron chi connectivity index (χ4n) is 1.93. The molecule has 0 aliphatic rings. The quantitative estimate of drug-likeness (QED) is 0.353. The van der Waals surface area contributed by atoms with Crippen LogP contribution in [0.25, 0.3) is 0 Å². The predicted octanol–water partition coefficient (Wildman–Crippen LogP) is 2.93. The zero-order chi connectivity index (χ0) is 17.5. The van der Waals surface area contributed by atoms with Crippen molar-refractivity contribution in [3.63, 3.8) is 0 Å². The highest BCUT2D eigenvalue weighted by Gasteiger charge is 2.22. The molecule has 4 nitrogen and oxygen atoms in total. The SMILES string of the molecule is CSCC(CSS)C(=O)c1ccc(C(=O)NC(C)(C)CO)cc1. The smallest absolute Gasteiger partial charge is 0.251 e. The molecule has 0 aliphatic carbocycles. The Labute approximate surface area is 151 Å². The number of hydrogen-bond donors (Lipinski definition) is 3. The van der Waals surface area contributed by atoms with Gasteiger partial charge in [0, 0.05) is 28.6 Å². The summed E-state index contributed by atoms with van der Waals surface area (Å²) < 4.78 is 0. The Morgan fingerprint density at radius 2 is 1.78 bits per heavy atom. The molecule has 0 heterocycles. The molecule has 0 radical (unpaired) electrons. The Bertz CT molecular complexity index is 526. The molecule has 1 atom stereocenters. The van der Waals surface area contributed by atoms with Crippen LogP contribution in [0, 0.1) is 5.92 Å². The number of carbonyl (C=O) groups excluding carboxylic acids is 2. The van der Waals surface area contributed by atoms with E-state index in [2.05, 4.69) is 17.0 Å². The normalized spacial score (nSPS) is 12.7. The molecular formula is C16H23NO3S3. The molecule has 128 valence electrons. The first kappa shape index (κ1) is 20.4. The minimum atomic E-state index is -0.682. The van der Waals surface area contributed by atoms with Crippen molar-refractivity contribution in [1.82, 2.24) is 5.32 Å². The second kappa shape index (κ2) is 9.61. The van der Waals surface area contributed by atoms with Crippen molar-refractivity contribution in [2.75, 3.05) is 24.4 Å². The molecule has 1 unspecified atom stereocenters. The molecule has 1 aromatic rings. The summed E-state index contributed by atoms with van der Waals surface area (Å²) in [6, 6.07) is 6.64. The maximum Gasteiger partial charge on any atom is 0.251 e. The summed E-state index contributed by atoms with van der Waals surface area (Å²) in [4.78, 5) is 24.6. The van der Waals surface area contributed by atoms with Crippen LogP contribution in [0.1, 0.15) is 34.6 Å². The molecular weight excluding hydrogens is 350 g/mol. The number of aliphatic hydroxyl groups is 1. The number of aliphatic hydroxyl groups excluding tert-OH is 1. The van der Waals surface area contributed by atoms with Crippen molar-refractivity contribution < 1.29 is 14.7 Å². The molecule has 0 saturated carbocycles. The van der Waals surface area contributed by atoms with E-state index in [1.165, 1.54) is 10.8 Å². The van der Waals surface area contributed by atoms with E-state index >= 15 is 0 Å². The standard InChI is InChI=1S/C16H23NO3S3/c1-16(2,10-18)17-15(20)12-6-4-11(5-7-12)14(19)13(8-22-3)9-23-21/h4-7,13,18,21H,8-10H2,1-3H3,(H,17,20). The molecule has 1 aromatic carbocycles. The second-order valence-electron chi connectivity index (χ2n) is 5.89. The zero-order valence-electron chi connectivity index (χ0n) is 13.5. The van der Waals surface area contributed by atoms with E-state index in [9.17, 15) is 14.7 Å². The number of Topliss-reactive ketones (excluding diaryl/α,β-unsaturated/α-hetero) is 1. The van der Waals surface area contributed by atoms with E-state index in [1.54, 1.807) is 49.9 Å². The fraction of sp³-hybridized carbons (Fsp3) is 0.500. The topological polar surface area (TPSA) is 66.4 Å². The first-order chi connectivity index (χ1) is 10.8. The number of nitrogens with one attached hydrogen (secondary N) is 1. The fourth-order valence-corrected chi connectivity index (χ4v) is 3.74. The highest BCUT2D eigenvalue weighted by atomic mass is 33.1. The third kappa shape index (κ3) is 6.41. The molecule has 23 heavy (non-hydrogen) atoms. The number of thiol groups is 1. The van der Waals surface area contributed by atoms with Crippen LogP contribution in [-0.2, 0) is 0 Å². The summed E-state index contributed by atoms with van der Waals surface area (Å²) >= 11 is 5.77. The summed E-state index contributed by atoms with van der Waals surface area (Å²) in [5.41, 5.74) is 0.385. The van der Waals surface area contributed by atoms with Crippen LogP contribution in [0.2, 0.25) is 0 Å². The Kier molecular flexibility index (Phi) is 8.53. The predicted molar refractivity (Wildman–Crippen MR) is 103 cm³/mol. The number of rotatable bonds is 9. The molecule has 0 aromatic heterocycles. The lowest BCUT2D eigenvalue weighted by Crippen LogP contribution is -2.46. The monoisotopic (exact) mass is 373 g/mol. The van der Waals surface area contributed by atoms with Crippen molar-refractivity contribution in [2.45, 2.75) is 19.4 Å². The lowest BCUT2D eigenvalue weighted by Gasteiger charge is -2.23. The van der Waals surface area contributed by atoms with Crippen LogP contribution in [-0.4, -0.2) is 46.7 Å². The molecule has 7 heteroatoms. The third-order valence-corrected chi connectivity index (χ3v) is 5.03. The Morgan fingerprint density at radius 3 is 2.26 bits per heavy atom. The van der Waals surface area contributed by atoms with Gasteiger partial charge in [0.2, 0.25) is 0 Å². The van der Waals surface area contributed by atoms with E-state index in [1.807, 2.05) is 6.26 Å². The van der Waals surface area contributed by atoms with Crippen molar-refractivity contribution >= 4 is 45.9 Å². The highest BCUT2D eigenvalue weighted by molar-refractivity contribution is 8.68. The average Bonchev–Trinajstić information content (AvgIpc) is 2.53. The maximum absolute atomic E-state index is 12.5. The largest absolute Gasteiger partial charge is 0.394 e. The third-order valence-electron chi connectivity index (χ3n) is 3.29. The van der Waals surface area contributed by atoms with Gasteiger partial charge in [-0.2, -0.15) is 11.8 Å². The van der Waals surface area contributed by atoms with E-state index < -0.39 is 5.54 Å². The van der Waals surface area contributed by atoms with Gasteiger partial charge in [0.1, 0.15) is 0 Å². The van der Waals surface area contributed by atoms with Gasteiger partial charge in [0.15, 0.2) is 5.78 Å². The van der Waals surface area contributed by atoms with Gasteiger partial charge in [-0.15, -0.1) is 11.7 Å². The van der Waals surface area contributed by atoms with E-state index in [-0.39, 0.29) is 24.2 Å². The first-order valence-corrected chi connectivity index (χ1v) is 10.6. The van der Waals surface area contributed by atoms with Gasteiger partial charge in [-0.3, -0.25) is 9.59 Å². The number of benzene rings is 1. The molecule has 1 amide bonds. The minimum absolute atomic E-state index is 0.0727. The van der Waals surface area contributed by atoms with Crippen molar-refractivity contribution in [3.8, 4) is 0 Å². The molecule has 0 bridgehead atoms. The van der Waals surface area contributed by atoms with Crippen molar-refractivity contribution in [2.24, 2.45) is 5.92 Å². The average molecular weight is 374 g/mol. The maximum atomic E-state index is 12.5. The Morgan fingerprint density at radius 1 is 1.22 bits per heavy atom. The van der Waals surface area contributed by atoms with Gasteiger partial charge in [-0.05, 0) is 32.2 Å². The molecule has 0 spiro atoms. The molecule has 0 aliphatic heterocycles. The zero-order valence-corrected chi connectivity index (χ0v) is 16.1. The lowest BCUT2D eigenvalue weighted by atomic mass is 9.99. The summed E-state index contributed by atoms with van der Waals surface area (Å²) in [7, 11) is 1.36. The van der Waals surface area contributed by atoms with E-state index in [4.69, 9.17) is 0 Å². The Balaban J connectivity index is 2.83. The van der Waals surface area contributed by atoms with Gasteiger partial charge in [-0.25, -0.2) is 0 Å². The summed E-state index contributed by atoms with van der Waals surface area (Å²) in [5, 5.41) is 11.9. The number of ketones is 1. The first-order valence-electron chi connectivity index (χ1n) is 7.17. The highest BCUT2D eigenvalue weighted by Crippen LogP contribution is 2.20. The van der Waals surface area contributed by atoms with Crippen LogP contribution in [0.4, 0.5) is 0 Å². The van der Waals surface area contributed by atoms with Gasteiger partial charge >= 0.3 is 0 Å². The van der Waals surface area contributed by atoms with E-state index in [0.717, 1.165) is 5.75 Å². The number of amides is 1. The van der Waals surface area contributed by atoms with Crippen LogP contribution in [0.3, 0.4) is 0 Å². The van der Waals surface area contributed by atoms with Crippen LogP contribution >= 0.6 is 34.2 Å². The van der Waals surface area contributed by atoms with Gasteiger partial charge in [0.25, 0.3) is 5.91 Å². The van der Waals surface area contributed by atoms with Crippen LogP contribution in [0.15, 0.2) is 24.3 Å². The lowest BCUT2D eigenvalue weighted by molar-refractivity contribution is 0.0867. The summed E-state index contributed by atoms with van der Waals surface area (Å²) in [5.74, 6) is 1.13.